The molecule has 0 spiro atoms. The van der Waals surface area contributed by atoms with Crippen LogP contribution in [0, 0.1) is 16.7 Å². The van der Waals surface area contributed by atoms with Crippen LogP contribution in [0.2, 0.25) is 0 Å². The van der Waals surface area contributed by atoms with Gasteiger partial charge in [0.05, 0.1) is 18.1 Å². The van der Waals surface area contributed by atoms with E-state index >= 15 is 0 Å². The lowest BCUT2D eigenvalue weighted by Gasteiger charge is -2.12. The number of aliphatic carboxylic acids is 1. The summed E-state index contributed by atoms with van der Waals surface area (Å²) in [4.78, 5) is 11.8. The van der Waals surface area contributed by atoms with Crippen molar-refractivity contribution in [2.24, 2.45) is 5.41 Å². The molecular weight excluding hydrogens is 314 g/mol. The Morgan fingerprint density at radius 2 is 2.28 bits per heavy atom. The third-order valence-corrected chi connectivity index (χ3v) is 5.42. The highest BCUT2D eigenvalue weighted by Crippen LogP contribution is 2.52. The largest absolute Gasteiger partial charge is 0.481 e. The van der Waals surface area contributed by atoms with Crippen LogP contribution in [-0.4, -0.2) is 16.8 Å². The molecule has 0 atom stereocenters. The van der Waals surface area contributed by atoms with Crippen LogP contribution in [0.15, 0.2) is 27.6 Å². The molecule has 18 heavy (non-hydrogen) atoms. The fourth-order valence-electron chi connectivity index (χ4n) is 1.79. The first-order valence-electron chi connectivity index (χ1n) is 5.59. The molecule has 1 aromatic carbocycles. The van der Waals surface area contributed by atoms with Crippen molar-refractivity contribution in [3.8, 4) is 6.07 Å². The van der Waals surface area contributed by atoms with Gasteiger partial charge in [0, 0.05) is 15.1 Å². The second kappa shape index (κ2) is 5.33. The number of thioether (sulfide) groups is 1. The summed E-state index contributed by atoms with van der Waals surface area (Å²) in [5.74, 6) is 0.107. The van der Waals surface area contributed by atoms with Crippen LogP contribution in [0.25, 0.3) is 0 Å². The van der Waals surface area contributed by atoms with Crippen molar-refractivity contribution in [1.29, 1.82) is 5.26 Å². The van der Waals surface area contributed by atoms with E-state index in [1.54, 1.807) is 23.9 Å². The number of rotatable bonds is 5. The van der Waals surface area contributed by atoms with E-state index in [1.165, 1.54) is 0 Å². The Morgan fingerprint density at radius 3 is 2.78 bits per heavy atom. The molecule has 0 radical (unpaired) electrons. The van der Waals surface area contributed by atoms with Crippen LogP contribution in [0.3, 0.4) is 0 Å². The molecule has 0 bridgehead atoms. The molecule has 5 heteroatoms. The standard InChI is InChI=1S/C13H12BrNO2S/c14-10-5-9(7-15)1-2-11(10)18-8-13(3-4-13)6-12(16)17/h1-2,5H,3-4,6,8H2,(H,16,17). The molecule has 0 aromatic heterocycles. The molecule has 1 fully saturated rings. The first-order valence-corrected chi connectivity index (χ1v) is 7.37. The molecule has 1 saturated carbocycles. The van der Waals surface area contributed by atoms with Gasteiger partial charge in [0.1, 0.15) is 0 Å². The lowest BCUT2D eigenvalue weighted by atomic mass is 10.1. The molecule has 1 aromatic rings. The fourth-order valence-corrected chi connectivity index (χ4v) is 3.72. The van der Waals surface area contributed by atoms with Crippen molar-refractivity contribution < 1.29 is 9.90 Å². The van der Waals surface area contributed by atoms with Gasteiger partial charge in [-0.1, -0.05) is 0 Å². The number of carbonyl (C=O) groups is 1. The molecule has 1 aliphatic carbocycles. The Morgan fingerprint density at radius 1 is 1.56 bits per heavy atom. The molecule has 0 amide bonds. The molecule has 1 aliphatic rings. The van der Waals surface area contributed by atoms with Crippen LogP contribution in [0.1, 0.15) is 24.8 Å². The van der Waals surface area contributed by atoms with Crippen LogP contribution in [0.5, 0.6) is 0 Å². The highest BCUT2D eigenvalue weighted by atomic mass is 79.9. The lowest BCUT2D eigenvalue weighted by Crippen LogP contribution is -2.10. The highest BCUT2D eigenvalue weighted by Gasteiger charge is 2.44. The normalized spacial score (nSPS) is 16.0. The number of nitrogens with zero attached hydrogens (tertiary/aromatic N) is 1. The number of carboxylic acids is 1. The number of nitriles is 1. The summed E-state index contributed by atoms with van der Waals surface area (Å²) in [6.07, 6.45) is 2.26. The second-order valence-electron chi connectivity index (χ2n) is 4.62. The fraction of sp³-hybridized carbons (Fsp3) is 0.385. The molecule has 94 valence electrons. The van der Waals surface area contributed by atoms with Crippen LogP contribution in [0.4, 0.5) is 0 Å². The number of halogens is 1. The quantitative estimate of drug-likeness (QED) is 0.839. The van der Waals surface area contributed by atoms with Crippen LogP contribution < -0.4 is 0 Å². The molecule has 0 unspecified atom stereocenters. The Bertz CT molecular complexity index is 520. The van der Waals surface area contributed by atoms with E-state index in [9.17, 15) is 4.79 Å². The third-order valence-electron chi connectivity index (χ3n) is 3.08. The van der Waals surface area contributed by atoms with E-state index in [4.69, 9.17) is 10.4 Å². The van der Waals surface area contributed by atoms with Gasteiger partial charge in [-0.05, 0) is 52.4 Å². The van der Waals surface area contributed by atoms with E-state index < -0.39 is 5.97 Å². The van der Waals surface area contributed by atoms with Crippen LogP contribution in [-0.2, 0) is 4.79 Å². The van der Waals surface area contributed by atoms with Crippen molar-refractivity contribution in [3.63, 3.8) is 0 Å². The zero-order valence-corrected chi connectivity index (χ0v) is 12.1. The van der Waals surface area contributed by atoms with Crippen molar-refractivity contribution in [2.45, 2.75) is 24.2 Å². The van der Waals surface area contributed by atoms with E-state index in [-0.39, 0.29) is 11.8 Å². The number of benzene rings is 1. The molecule has 1 N–H and O–H groups in total. The van der Waals surface area contributed by atoms with Gasteiger partial charge < -0.3 is 5.11 Å². The maximum atomic E-state index is 10.8. The summed E-state index contributed by atoms with van der Waals surface area (Å²) in [5.41, 5.74) is 0.613. The predicted octanol–water partition coefficient (Wildman–Crippen LogP) is 3.67. The van der Waals surface area contributed by atoms with Gasteiger partial charge in [0.2, 0.25) is 0 Å². The summed E-state index contributed by atoms with van der Waals surface area (Å²) in [5, 5.41) is 17.6. The van der Waals surface area contributed by atoms with Crippen LogP contribution >= 0.6 is 27.7 Å². The predicted molar refractivity (Wildman–Crippen MR) is 73.5 cm³/mol. The first-order chi connectivity index (χ1) is 8.54. The Kier molecular flexibility index (Phi) is 3.98. The minimum Gasteiger partial charge on any atom is -0.481 e. The topological polar surface area (TPSA) is 61.1 Å². The molecule has 0 aliphatic heterocycles. The Labute approximate surface area is 118 Å². The summed E-state index contributed by atoms with van der Waals surface area (Å²) >= 11 is 5.10. The van der Waals surface area contributed by atoms with Gasteiger partial charge in [-0.25, -0.2) is 0 Å². The van der Waals surface area contributed by atoms with Gasteiger partial charge in [0.25, 0.3) is 0 Å². The third kappa shape index (κ3) is 3.27. The zero-order valence-electron chi connectivity index (χ0n) is 9.65. The lowest BCUT2D eigenvalue weighted by molar-refractivity contribution is -0.138. The maximum Gasteiger partial charge on any atom is 0.303 e. The van der Waals surface area contributed by atoms with Crippen molar-refractivity contribution >= 4 is 33.7 Å². The van der Waals surface area contributed by atoms with Gasteiger partial charge in [-0.2, -0.15) is 5.26 Å². The van der Waals surface area contributed by atoms with Gasteiger partial charge >= 0.3 is 5.97 Å². The number of carboxylic acid groups (broad SMARTS) is 1. The minimum absolute atomic E-state index is 0.0101. The summed E-state index contributed by atoms with van der Waals surface area (Å²) < 4.78 is 0.901. The van der Waals surface area contributed by atoms with Gasteiger partial charge in [0.15, 0.2) is 0 Å². The van der Waals surface area contributed by atoms with Gasteiger partial charge in [-0.15, -0.1) is 11.8 Å². The monoisotopic (exact) mass is 325 g/mol. The van der Waals surface area contributed by atoms with Crippen molar-refractivity contribution in [1.82, 2.24) is 0 Å². The summed E-state index contributed by atoms with van der Waals surface area (Å²) in [6, 6.07) is 7.57. The molecule has 3 nitrogen and oxygen atoms in total. The molecule has 0 saturated heterocycles. The highest BCUT2D eigenvalue weighted by molar-refractivity contribution is 9.10. The summed E-state index contributed by atoms with van der Waals surface area (Å²) in [6.45, 7) is 0. The second-order valence-corrected chi connectivity index (χ2v) is 6.49. The SMILES string of the molecule is N#Cc1ccc(SCC2(CC(=O)O)CC2)c(Br)c1. The van der Waals surface area contributed by atoms with Crippen molar-refractivity contribution in [3.05, 3.63) is 28.2 Å². The summed E-state index contributed by atoms with van der Waals surface area (Å²) in [7, 11) is 0. The van der Waals surface area contributed by atoms with E-state index in [2.05, 4.69) is 22.0 Å². The Balaban J connectivity index is 1.99. The minimum atomic E-state index is -0.716. The zero-order chi connectivity index (χ0) is 13.2. The Hall–Kier alpha value is -0.990. The molecule has 0 heterocycles. The maximum absolute atomic E-state index is 10.8. The number of hydrogen-bond donors (Lipinski definition) is 1. The van der Waals surface area contributed by atoms with E-state index in [0.29, 0.717) is 5.56 Å². The average molecular weight is 326 g/mol. The van der Waals surface area contributed by atoms with E-state index in [0.717, 1.165) is 28.0 Å². The van der Waals surface area contributed by atoms with Crippen molar-refractivity contribution in [2.75, 3.05) is 5.75 Å². The smallest absolute Gasteiger partial charge is 0.303 e. The van der Waals surface area contributed by atoms with E-state index in [1.807, 2.05) is 6.07 Å². The number of hydrogen-bond acceptors (Lipinski definition) is 3. The molecule has 2 rings (SSSR count). The first kappa shape index (κ1) is 13.4. The van der Waals surface area contributed by atoms with Gasteiger partial charge in [-0.3, -0.25) is 4.79 Å². The molecular formula is C13H12BrNO2S. The average Bonchev–Trinajstić information content (AvgIpc) is 3.06.